The van der Waals surface area contributed by atoms with Gasteiger partial charge in [-0.15, -0.1) is 0 Å². The lowest BCUT2D eigenvalue weighted by atomic mass is 10.1. The number of fused-ring (bicyclic) bond motifs is 1. The lowest BCUT2D eigenvalue weighted by Gasteiger charge is -2.20. The highest BCUT2D eigenvalue weighted by molar-refractivity contribution is 9.10. The van der Waals surface area contributed by atoms with E-state index in [0.29, 0.717) is 13.2 Å². The summed E-state index contributed by atoms with van der Waals surface area (Å²) < 4.78 is 12.2. The van der Waals surface area contributed by atoms with Gasteiger partial charge in [0.1, 0.15) is 13.2 Å². The molecule has 3 nitrogen and oxygen atoms in total. The van der Waals surface area contributed by atoms with Crippen LogP contribution in [0.15, 0.2) is 46.9 Å². The molecule has 1 N–H and O–H groups in total. The topological polar surface area (TPSA) is 30.5 Å². The second-order valence-corrected chi connectivity index (χ2v) is 5.85. The molecule has 0 aromatic heterocycles. The maximum absolute atomic E-state index is 5.61. The summed E-state index contributed by atoms with van der Waals surface area (Å²) in [7, 11) is 0. The molecule has 0 atom stereocenters. The second kappa shape index (κ2) is 6.85. The Bertz CT molecular complexity index is 601. The lowest BCUT2D eigenvalue weighted by Crippen LogP contribution is -2.15. The highest BCUT2D eigenvalue weighted by atomic mass is 79.9. The molecule has 0 radical (unpaired) electrons. The van der Waals surface area contributed by atoms with E-state index in [4.69, 9.17) is 9.47 Å². The van der Waals surface area contributed by atoms with Gasteiger partial charge >= 0.3 is 0 Å². The van der Waals surface area contributed by atoms with E-state index in [1.54, 1.807) is 0 Å². The van der Waals surface area contributed by atoms with Crippen LogP contribution in [0.4, 0.5) is 5.69 Å². The Balaban J connectivity index is 1.55. The molecule has 2 aromatic carbocycles. The maximum atomic E-state index is 5.61. The molecule has 0 bridgehead atoms. The number of benzene rings is 2. The van der Waals surface area contributed by atoms with Gasteiger partial charge in [0, 0.05) is 23.2 Å². The summed E-state index contributed by atoms with van der Waals surface area (Å²) in [4.78, 5) is 0. The van der Waals surface area contributed by atoms with E-state index in [1.165, 1.54) is 5.56 Å². The van der Waals surface area contributed by atoms with Crippen molar-refractivity contribution in [2.75, 3.05) is 25.1 Å². The zero-order valence-electron chi connectivity index (χ0n) is 11.8. The second-order valence-electron chi connectivity index (χ2n) is 4.99. The summed E-state index contributed by atoms with van der Waals surface area (Å²) >= 11 is 3.57. The smallest absolute Gasteiger partial charge is 0.163 e. The van der Waals surface area contributed by atoms with E-state index in [-0.39, 0.29) is 0 Å². The van der Waals surface area contributed by atoms with Crippen molar-refractivity contribution in [3.05, 3.63) is 52.5 Å². The standard InChI is InChI=1S/C17H18BrNO2/c18-14-11-16-17(21-10-9-20-16)12-15(14)19-8-4-7-13-5-2-1-3-6-13/h1-3,5-6,11-12,19H,4,7-10H2. The molecule has 0 fully saturated rings. The summed E-state index contributed by atoms with van der Waals surface area (Å²) in [5, 5.41) is 3.45. The van der Waals surface area contributed by atoms with Crippen LogP contribution in [0.5, 0.6) is 11.5 Å². The predicted octanol–water partition coefficient (Wildman–Crippen LogP) is 4.27. The molecular weight excluding hydrogens is 330 g/mol. The molecule has 1 aliphatic heterocycles. The molecule has 0 spiro atoms. The first-order valence-corrected chi connectivity index (χ1v) is 7.99. The van der Waals surface area contributed by atoms with Crippen LogP contribution in [0.25, 0.3) is 0 Å². The number of rotatable bonds is 5. The summed E-state index contributed by atoms with van der Waals surface area (Å²) in [5.74, 6) is 1.62. The van der Waals surface area contributed by atoms with Crippen molar-refractivity contribution in [3.63, 3.8) is 0 Å². The molecule has 4 heteroatoms. The molecular formula is C17H18BrNO2. The van der Waals surface area contributed by atoms with Crippen molar-refractivity contribution < 1.29 is 9.47 Å². The number of hydrogen-bond donors (Lipinski definition) is 1. The molecule has 2 aromatic rings. The molecule has 110 valence electrons. The largest absolute Gasteiger partial charge is 0.486 e. The number of halogens is 1. The van der Waals surface area contributed by atoms with Gasteiger partial charge in [0.15, 0.2) is 11.5 Å². The van der Waals surface area contributed by atoms with Crippen LogP contribution >= 0.6 is 15.9 Å². The number of hydrogen-bond acceptors (Lipinski definition) is 3. The van der Waals surface area contributed by atoms with E-state index >= 15 is 0 Å². The van der Waals surface area contributed by atoms with Gasteiger partial charge in [0.25, 0.3) is 0 Å². The predicted molar refractivity (Wildman–Crippen MR) is 88.4 cm³/mol. The first-order valence-electron chi connectivity index (χ1n) is 7.20. The fourth-order valence-corrected chi connectivity index (χ4v) is 2.82. The van der Waals surface area contributed by atoms with Gasteiger partial charge in [-0.3, -0.25) is 0 Å². The monoisotopic (exact) mass is 347 g/mol. The lowest BCUT2D eigenvalue weighted by molar-refractivity contribution is 0.171. The van der Waals surface area contributed by atoms with Crippen LogP contribution in [-0.2, 0) is 6.42 Å². The number of aryl methyl sites for hydroxylation is 1. The molecule has 0 saturated carbocycles. The van der Waals surface area contributed by atoms with Crippen molar-refractivity contribution >= 4 is 21.6 Å². The molecule has 1 aliphatic rings. The van der Waals surface area contributed by atoms with Crippen LogP contribution in [0.1, 0.15) is 12.0 Å². The fourth-order valence-electron chi connectivity index (χ4n) is 2.36. The van der Waals surface area contributed by atoms with Gasteiger partial charge in [0.05, 0.1) is 5.69 Å². The Hall–Kier alpha value is -1.68. The molecule has 0 amide bonds. The minimum atomic E-state index is 0.613. The molecule has 0 saturated heterocycles. The van der Waals surface area contributed by atoms with Gasteiger partial charge in [0.2, 0.25) is 0 Å². The highest BCUT2D eigenvalue weighted by Gasteiger charge is 2.14. The van der Waals surface area contributed by atoms with Crippen molar-refractivity contribution in [2.45, 2.75) is 12.8 Å². The quantitative estimate of drug-likeness (QED) is 0.819. The molecule has 3 rings (SSSR count). The van der Waals surface area contributed by atoms with Crippen molar-refractivity contribution in [2.24, 2.45) is 0 Å². The molecule has 0 unspecified atom stereocenters. The van der Waals surface area contributed by atoms with Crippen molar-refractivity contribution in [1.29, 1.82) is 0 Å². The zero-order chi connectivity index (χ0) is 14.5. The van der Waals surface area contributed by atoms with Crippen LogP contribution < -0.4 is 14.8 Å². The zero-order valence-corrected chi connectivity index (χ0v) is 13.4. The maximum Gasteiger partial charge on any atom is 0.163 e. The Morgan fingerprint density at radius 2 is 1.71 bits per heavy atom. The first-order chi connectivity index (χ1) is 10.3. The Labute approximate surface area is 133 Å². The van der Waals surface area contributed by atoms with E-state index in [9.17, 15) is 0 Å². The van der Waals surface area contributed by atoms with Crippen molar-refractivity contribution in [3.8, 4) is 11.5 Å². The third kappa shape index (κ3) is 3.70. The highest BCUT2D eigenvalue weighted by Crippen LogP contribution is 2.38. The number of nitrogens with one attached hydrogen (secondary N) is 1. The minimum Gasteiger partial charge on any atom is -0.486 e. The van der Waals surface area contributed by atoms with Crippen molar-refractivity contribution in [1.82, 2.24) is 0 Å². The van der Waals surface area contributed by atoms with Crippen LogP contribution in [0, 0.1) is 0 Å². The van der Waals surface area contributed by atoms with E-state index in [0.717, 1.165) is 41.0 Å². The number of anilines is 1. The normalized spacial score (nSPS) is 13.0. The van der Waals surface area contributed by atoms with Gasteiger partial charge in [-0.25, -0.2) is 0 Å². The van der Waals surface area contributed by atoms with E-state index < -0.39 is 0 Å². The third-order valence-electron chi connectivity index (χ3n) is 3.43. The Morgan fingerprint density at radius 3 is 2.48 bits per heavy atom. The summed E-state index contributed by atoms with van der Waals surface area (Å²) in [6, 6.07) is 14.5. The fraction of sp³-hybridized carbons (Fsp3) is 0.294. The summed E-state index contributed by atoms with van der Waals surface area (Å²) in [6.45, 7) is 2.15. The Morgan fingerprint density at radius 1 is 1.00 bits per heavy atom. The summed E-state index contributed by atoms with van der Waals surface area (Å²) in [5.41, 5.74) is 2.42. The van der Waals surface area contributed by atoms with Crippen LogP contribution in [0.2, 0.25) is 0 Å². The van der Waals surface area contributed by atoms with Crippen LogP contribution in [0.3, 0.4) is 0 Å². The van der Waals surface area contributed by atoms with Gasteiger partial charge in [-0.05, 0) is 34.3 Å². The molecule has 21 heavy (non-hydrogen) atoms. The number of ether oxygens (including phenoxy) is 2. The minimum absolute atomic E-state index is 0.613. The Kier molecular flexibility index (Phi) is 4.65. The molecule has 0 aliphatic carbocycles. The van der Waals surface area contributed by atoms with E-state index in [2.05, 4.69) is 45.5 Å². The average molecular weight is 348 g/mol. The van der Waals surface area contributed by atoms with E-state index in [1.807, 2.05) is 18.2 Å². The van der Waals surface area contributed by atoms with Crippen LogP contribution in [-0.4, -0.2) is 19.8 Å². The van der Waals surface area contributed by atoms with Gasteiger partial charge in [-0.1, -0.05) is 30.3 Å². The van der Waals surface area contributed by atoms with Gasteiger partial charge in [-0.2, -0.15) is 0 Å². The third-order valence-corrected chi connectivity index (χ3v) is 4.09. The summed E-state index contributed by atoms with van der Waals surface area (Å²) in [6.07, 6.45) is 2.17. The average Bonchev–Trinajstić information content (AvgIpc) is 2.53. The first kappa shape index (κ1) is 14.3. The molecule has 1 heterocycles. The SMILES string of the molecule is Brc1cc2c(cc1NCCCc1ccccc1)OCCO2. The van der Waals surface area contributed by atoms with Gasteiger partial charge < -0.3 is 14.8 Å².